The van der Waals surface area contributed by atoms with E-state index < -0.39 is 0 Å². The van der Waals surface area contributed by atoms with Gasteiger partial charge in [0.15, 0.2) is 0 Å². The second kappa shape index (κ2) is 6.91. The summed E-state index contributed by atoms with van der Waals surface area (Å²) in [7, 11) is 1.67. The van der Waals surface area contributed by atoms with E-state index >= 15 is 0 Å². The molecule has 0 aliphatic heterocycles. The number of hydrogen-bond donors (Lipinski definition) is 2. The minimum Gasteiger partial charge on any atom is -0.497 e. The Balaban J connectivity index is 2.38. The van der Waals surface area contributed by atoms with Crippen LogP contribution >= 0.6 is 0 Å². The quantitative estimate of drug-likeness (QED) is 0.848. The highest BCUT2D eigenvalue weighted by Crippen LogP contribution is 2.28. The van der Waals surface area contributed by atoms with Gasteiger partial charge in [-0.2, -0.15) is 0 Å². The molecule has 1 atom stereocenters. The van der Waals surface area contributed by atoms with Crippen LogP contribution in [0, 0.1) is 0 Å². The van der Waals surface area contributed by atoms with E-state index in [2.05, 4.69) is 23.3 Å². The van der Waals surface area contributed by atoms with Crippen molar-refractivity contribution in [1.29, 1.82) is 0 Å². The normalized spacial score (nSPS) is 12.1. The molecule has 2 rings (SSSR count). The lowest BCUT2D eigenvalue weighted by Gasteiger charge is -2.21. The summed E-state index contributed by atoms with van der Waals surface area (Å²) in [6, 6.07) is 9.88. The topological polar surface area (TPSA) is 60.2 Å². The predicted octanol–water partition coefficient (Wildman–Crippen LogP) is 2.76. The number of aromatic nitrogens is 1. The van der Waals surface area contributed by atoms with Crippen LogP contribution in [0.15, 0.2) is 42.7 Å². The fourth-order valence-electron chi connectivity index (χ4n) is 2.18. The molecule has 2 aromatic rings. The summed E-state index contributed by atoms with van der Waals surface area (Å²) in [5.41, 5.74) is 8.95. The number of nitrogens with zero attached hydrogens (tertiary/aromatic N) is 1. The Kier molecular flexibility index (Phi) is 4.96. The zero-order valence-electron chi connectivity index (χ0n) is 12.0. The molecule has 4 heteroatoms. The number of benzene rings is 1. The summed E-state index contributed by atoms with van der Waals surface area (Å²) in [5.74, 6) is 0.841. The molecule has 1 heterocycles. The van der Waals surface area contributed by atoms with Crippen molar-refractivity contribution < 1.29 is 4.74 Å². The Morgan fingerprint density at radius 2 is 2.20 bits per heavy atom. The Hall–Kier alpha value is -2.07. The zero-order chi connectivity index (χ0) is 14.4. The van der Waals surface area contributed by atoms with Gasteiger partial charge in [-0.3, -0.25) is 4.98 Å². The lowest BCUT2D eigenvalue weighted by molar-refractivity contribution is 0.413. The molecule has 4 nitrogen and oxygen atoms in total. The van der Waals surface area contributed by atoms with Crippen LogP contribution in [0.3, 0.4) is 0 Å². The molecule has 0 radical (unpaired) electrons. The first-order valence-electron chi connectivity index (χ1n) is 6.83. The highest BCUT2D eigenvalue weighted by Gasteiger charge is 2.16. The van der Waals surface area contributed by atoms with Crippen molar-refractivity contribution in [3.05, 3.63) is 53.9 Å². The van der Waals surface area contributed by atoms with Gasteiger partial charge in [0.05, 0.1) is 13.2 Å². The highest BCUT2D eigenvalue weighted by molar-refractivity contribution is 5.50. The molecule has 106 valence electrons. The van der Waals surface area contributed by atoms with Crippen LogP contribution in [0.1, 0.15) is 30.5 Å². The van der Waals surface area contributed by atoms with Gasteiger partial charge in [-0.15, -0.1) is 0 Å². The minimum absolute atomic E-state index is 0.0266. The maximum absolute atomic E-state index is 6.09. The molecule has 0 fully saturated rings. The molecular weight excluding hydrogens is 250 g/mol. The smallest absolute Gasteiger partial charge is 0.119 e. The van der Waals surface area contributed by atoms with Gasteiger partial charge in [0.2, 0.25) is 0 Å². The Morgan fingerprint density at radius 3 is 2.90 bits per heavy atom. The minimum atomic E-state index is 0.0266. The van der Waals surface area contributed by atoms with Crippen LogP contribution in [-0.2, 0) is 0 Å². The molecule has 0 aliphatic carbocycles. The lowest BCUT2D eigenvalue weighted by atomic mass is 9.98. The number of methoxy groups -OCH3 is 1. The highest BCUT2D eigenvalue weighted by atomic mass is 16.5. The molecule has 0 amide bonds. The van der Waals surface area contributed by atoms with Gasteiger partial charge < -0.3 is 15.8 Å². The van der Waals surface area contributed by atoms with Crippen LogP contribution in [0.25, 0.3) is 0 Å². The van der Waals surface area contributed by atoms with Crippen molar-refractivity contribution in [3.63, 3.8) is 0 Å². The standard InChI is InChI=1S/C16H21N3O/c1-3-8-19-16(14-11-18-9-7-15(14)17)12-5-4-6-13(10-12)20-2/h4-7,9-11,16,19H,3,8H2,1-2H3,(H2,17,18). The van der Waals surface area contributed by atoms with Gasteiger partial charge in [0.25, 0.3) is 0 Å². The first kappa shape index (κ1) is 14.3. The van der Waals surface area contributed by atoms with E-state index in [1.807, 2.05) is 30.5 Å². The van der Waals surface area contributed by atoms with Crippen LogP contribution in [0.2, 0.25) is 0 Å². The molecule has 0 bridgehead atoms. The fraction of sp³-hybridized carbons (Fsp3) is 0.312. The molecular formula is C16H21N3O. The number of nitrogens with one attached hydrogen (secondary N) is 1. The third kappa shape index (κ3) is 3.27. The molecule has 1 aromatic carbocycles. The Bertz CT molecular complexity index is 557. The van der Waals surface area contributed by atoms with E-state index in [9.17, 15) is 0 Å². The maximum Gasteiger partial charge on any atom is 0.119 e. The third-order valence-corrected chi connectivity index (χ3v) is 3.22. The number of hydrogen-bond acceptors (Lipinski definition) is 4. The van der Waals surface area contributed by atoms with Crippen LogP contribution in [-0.4, -0.2) is 18.6 Å². The molecule has 1 unspecified atom stereocenters. The SMILES string of the molecule is CCCNC(c1cccc(OC)c1)c1cnccc1N. The maximum atomic E-state index is 6.09. The Morgan fingerprint density at radius 1 is 1.35 bits per heavy atom. The van der Waals surface area contributed by atoms with E-state index in [-0.39, 0.29) is 6.04 Å². The largest absolute Gasteiger partial charge is 0.497 e. The second-order valence-electron chi connectivity index (χ2n) is 4.67. The van der Waals surface area contributed by atoms with Crippen molar-refractivity contribution >= 4 is 5.69 Å². The van der Waals surface area contributed by atoms with Gasteiger partial charge >= 0.3 is 0 Å². The van der Waals surface area contributed by atoms with Gasteiger partial charge in [0, 0.05) is 23.6 Å². The van der Waals surface area contributed by atoms with E-state index in [1.165, 1.54) is 0 Å². The summed E-state index contributed by atoms with van der Waals surface area (Å²) in [4.78, 5) is 4.19. The van der Waals surface area contributed by atoms with E-state index in [0.29, 0.717) is 0 Å². The van der Waals surface area contributed by atoms with Crippen molar-refractivity contribution in [3.8, 4) is 5.75 Å². The summed E-state index contributed by atoms with van der Waals surface area (Å²) < 4.78 is 5.30. The second-order valence-corrected chi connectivity index (χ2v) is 4.67. The number of pyridine rings is 1. The first-order valence-corrected chi connectivity index (χ1v) is 6.83. The monoisotopic (exact) mass is 271 g/mol. The predicted molar refractivity (Wildman–Crippen MR) is 81.8 cm³/mol. The van der Waals surface area contributed by atoms with E-state index in [4.69, 9.17) is 10.5 Å². The fourth-order valence-corrected chi connectivity index (χ4v) is 2.18. The average Bonchev–Trinajstić information content (AvgIpc) is 2.49. The average molecular weight is 271 g/mol. The number of nitrogen functional groups attached to an aromatic ring is 1. The number of rotatable bonds is 6. The third-order valence-electron chi connectivity index (χ3n) is 3.22. The molecule has 0 spiro atoms. The van der Waals surface area contributed by atoms with Gasteiger partial charge in [0.1, 0.15) is 5.75 Å². The molecule has 0 saturated carbocycles. The summed E-state index contributed by atoms with van der Waals surface area (Å²) >= 11 is 0. The number of anilines is 1. The number of nitrogens with two attached hydrogens (primary N) is 1. The summed E-state index contributed by atoms with van der Waals surface area (Å²) in [6.45, 7) is 3.05. The van der Waals surface area contributed by atoms with Crippen molar-refractivity contribution in [2.75, 3.05) is 19.4 Å². The Labute approximate surface area is 120 Å². The first-order chi connectivity index (χ1) is 9.76. The summed E-state index contributed by atoms with van der Waals surface area (Å²) in [5, 5.41) is 3.52. The molecule has 1 aromatic heterocycles. The van der Waals surface area contributed by atoms with E-state index in [0.717, 1.165) is 35.5 Å². The lowest BCUT2D eigenvalue weighted by Crippen LogP contribution is -2.24. The van der Waals surface area contributed by atoms with Gasteiger partial charge in [-0.1, -0.05) is 19.1 Å². The number of ether oxygens (including phenoxy) is 1. The molecule has 0 aliphatic rings. The molecule has 3 N–H and O–H groups in total. The van der Waals surface area contributed by atoms with Crippen LogP contribution in [0.5, 0.6) is 5.75 Å². The summed E-state index contributed by atoms with van der Waals surface area (Å²) in [6.07, 6.45) is 4.59. The van der Waals surface area contributed by atoms with Crippen molar-refractivity contribution in [1.82, 2.24) is 10.3 Å². The molecule has 20 heavy (non-hydrogen) atoms. The van der Waals surface area contributed by atoms with Crippen LogP contribution in [0.4, 0.5) is 5.69 Å². The van der Waals surface area contributed by atoms with E-state index in [1.54, 1.807) is 13.3 Å². The van der Waals surface area contributed by atoms with Gasteiger partial charge in [-0.25, -0.2) is 0 Å². The molecule has 0 saturated heterocycles. The zero-order valence-corrected chi connectivity index (χ0v) is 12.0. The van der Waals surface area contributed by atoms with Crippen LogP contribution < -0.4 is 15.8 Å². The van der Waals surface area contributed by atoms with Gasteiger partial charge in [-0.05, 0) is 36.7 Å². The van der Waals surface area contributed by atoms with Crippen molar-refractivity contribution in [2.24, 2.45) is 0 Å². The van der Waals surface area contributed by atoms with Crippen molar-refractivity contribution in [2.45, 2.75) is 19.4 Å².